The lowest BCUT2D eigenvalue weighted by Gasteiger charge is -2.13. The first-order chi connectivity index (χ1) is 9.26. The molecule has 0 spiro atoms. The molecular formula is C15H20N2OS. The molecule has 0 aliphatic heterocycles. The number of rotatable bonds is 5. The average Bonchev–Trinajstić information content (AvgIpc) is 2.94. The van der Waals surface area contributed by atoms with E-state index in [9.17, 15) is 4.79 Å². The maximum atomic E-state index is 10.7. The lowest BCUT2D eigenvalue weighted by Crippen LogP contribution is -2.00. The first kappa shape index (κ1) is 14.2. The Hall–Kier alpha value is -1.26. The first-order valence-corrected chi connectivity index (χ1v) is 7.44. The van der Waals surface area contributed by atoms with E-state index >= 15 is 0 Å². The third-order valence-corrected chi connectivity index (χ3v) is 4.26. The number of carbonyl (C=O) groups is 1. The van der Waals surface area contributed by atoms with Crippen molar-refractivity contribution in [2.45, 2.75) is 37.5 Å². The zero-order valence-corrected chi connectivity index (χ0v) is 12.3. The minimum Gasteiger partial charge on any atom is -0.328 e. The summed E-state index contributed by atoms with van der Waals surface area (Å²) in [6.45, 7) is 2.17. The molecule has 0 unspecified atom stereocenters. The molecule has 102 valence electrons. The molecular weight excluding hydrogens is 256 g/mol. The van der Waals surface area contributed by atoms with Crippen molar-refractivity contribution in [3.8, 4) is 0 Å². The predicted octanol–water partition coefficient (Wildman–Crippen LogP) is 3.83. The van der Waals surface area contributed by atoms with Crippen LogP contribution in [0.1, 0.15) is 38.2 Å². The van der Waals surface area contributed by atoms with E-state index in [1.54, 1.807) is 11.9 Å². The van der Waals surface area contributed by atoms with Crippen LogP contribution in [-0.2, 0) is 4.79 Å². The van der Waals surface area contributed by atoms with Gasteiger partial charge in [-0.2, -0.15) is 0 Å². The maximum absolute atomic E-state index is 10.7. The quantitative estimate of drug-likeness (QED) is 0.634. The van der Waals surface area contributed by atoms with E-state index < -0.39 is 0 Å². The van der Waals surface area contributed by atoms with Gasteiger partial charge in [-0.1, -0.05) is 5.57 Å². The van der Waals surface area contributed by atoms with Gasteiger partial charge in [0, 0.05) is 16.1 Å². The summed E-state index contributed by atoms with van der Waals surface area (Å²) in [7, 11) is 1.91. The van der Waals surface area contributed by atoms with Gasteiger partial charge in [0.25, 0.3) is 0 Å². The summed E-state index contributed by atoms with van der Waals surface area (Å²) in [6.07, 6.45) is 5.70. The molecule has 2 N–H and O–H groups in total. The van der Waals surface area contributed by atoms with Gasteiger partial charge in [-0.05, 0) is 75.4 Å². The van der Waals surface area contributed by atoms with Crippen LogP contribution in [0.5, 0.6) is 0 Å². The van der Waals surface area contributed by atoms with E-state index in [4.69, 9.17) is 0 Å². The first-order valence-electron chi connectivity index (χ1n) is 6.63. The largest absolute Gasteiger partial charge is 0.328 e. The second kappa shape index (κ2) is 6.78. The van der Waals surface area contributed by atoms with Crippen molar-refractivity contribution in [2.75, 3.05) is 12.4 Å². The van der Waals surface area contributed by atoms with E-state index in [0.717, 1.165) is 22.6 Å². The summed E-state index contributed by atoms with van der Waals surface area (Å²) in [5.74, 6) is 0. The zero-order chi connectivity index (χ0) is 13.7. The summed E-state index contributed by atoms with van der Waals surface area (Å²) in [6, 6.07) is 6.14. The number of allylic oxidation sites excluding steroid dienone is 2. The second-order valence-electron chi connectivity index (χ2n) is 4.71. The molecule has 19 heavy (non-hydrogen) atoms. The monoisotopic (exact) mass is 276 g/mol. The number of anilines is 1. The van der Waals surface area contributed by atoms with Gasteiger partial charge in [0.1, 0.15) is 0 Å². The Morgan fingerprint density at radius 2 is 2.05 bits per heavy atom. The highest BCUT2D eigenvalue weighted by molar-refractivity contribution is 7.97. The number of nitrogens with one attached hydrogen (secondary N) is 2. The fraction of sp³-hybridized carbons (Fsp3) is 0.400. The van der Waals surface area contributed by atoms with Gasteiger partial charge in [0.15, 0.2) is 0 Å². The molecule has 1 amide bonds. The van der Waals surface area contributed by atoms with Crippen LogP contribution in [0, 0.1) is 0 Å². The van der Waals surface area contributed by atoms with Crippen LogP contribution in [0.2, 0.25) is 0 Å². The highest BCUT2D eigenvalue weighted by Crippen LogP contribution is 2.35. The van der Waals surface area contributed by atoms with Gasteiger partial charge in [-0.3, -0.25) is 9.52 Å². The summed E-state index contributed by atoms with van der Waals surface area (Å²) < 4.78 is 3.08. The van der Waals surface area contributed by atoms with Crippen molar-refractivity contribution in [2.24, 2.45) is 0 Å². The Kier molecular flexibility index (Phi) is 5.05. The molecule has 0 saturated heterocycles. The molecule has 0 radical (unpaired) electrons. The minimum absolute atomic E-state index is 0.746. The minimum atomic E-state index is 0.746. The zero-order valence-electron chi connectivity index (χ0n) is 11.5. The Morgan fingerprint density at radius 1 is 1.32 bits per heavy atom. The van der Waals surface area contributed by atoms with Crippen molar-refractivity contribution < 1.29 is 4.79 Å². The molecule has 1 aliphatic carbocycles. The molecule has 1 saturated carbocycles. The van der Waals surface area contributed by atoms with Crippen molar-refractivity contribution in [3.05, 3.63) is 29.3 Å². The summed E-state index contributed by atoms with van der Waals surface area (Å²) in [4.78, 5) is 11.9. The predicted molar refractivity (Wildman–Crippen MR) is 82.1 cm³/mol. The highest BCUT2D eigenvalue weighted by atomic mass is 32.2. The van der Waals surface area contributed by atoms with Crippen LogP contribution < -0.4 is 10.0 Å². The van der Waals surface area contributed by atoms with E-state index in [2.05, 4.69) is 23.0 Å². The van der Waals surface area contributed by atoms with E-state index in [1.807, 2.05) is 19.2 Å². The topological polar surface area (TPSA) is 41.1 Å². The third-order valence-electron chi connectivity index (χ3n) is 3.57. The van der Waals surface area contributed by atoms with Crippen molar-refractivity contribution in [1.29, 1.82) is 0 Å². The van der Waals surface area contributed by atoms with Gasteiger partial charge in [0.2, 0.25) is 6.41 Å². The van der Waals surface area contributed by atoms with Crippen molar-refractivity contribution in [1.82, 2.24) is 4.72 Å². The SMILES string of the molecule is CNSc1ccc(NC=O)c(C(C)=C2CCCC2)c1. The Labute approximate surface area is 119 Å². The standard InChI is InChI=1S/C15H20N2OS/c1-11(12-5-3-4-6-12)14-9-13(19-16-2)7-8-15(14)17-10-18/h7-10,16H,3-6H2,1-2H3,(H,17,18). The molecule has 4 heteroatoms. The number of carbonyl (C=O) groups excluding carboxylic acids is 1. The van der Waals surface area contributed by atoms with Crippen LogP contribution in [0.15, 0.2) is 28.7 Å². The molecule has 1 aliphatic rings. The van der Waals surface area contributed by atoms with Gasteiger partial charge >= 0.3 is 0 Å². The van der Waals surface area contributed by atoms with Crippen molar-refractivity contribution in [3.63, 3.8) is 0 Å². The molecule has 1 aromatic carbocycles. The Balaban J connectivity index is 2.41. The Morgan fingerprint density at radius 3 is 2.68 bits per heavy atom. The van der Waals surface area contributed by atoms with E-state index in [1.165, 1.54) is 36.8 Å². The summed E-state index contributed by atoms with van der Waals surface area (Å²) in [5, 5.41) is 2.81. The smallest absolute Gasteiger partial charge is 0.211 e. The molecule has 0 aromatic heterocycles. The number of hydrogen-bond acceptors (Lipinski definition) is 3. The third kappa shape index (κ3) is 3.39. The van der Waals surface area contributed by atoms with Crippen molar-refractivity contribution >= 4 is 29.6 Å². The maximum Gasteiger partial charge on any atom is 0.211 e. The molecule has 1 aromatic rings. The van der Waals surface area contributed by atoms with Gasteiger partial charge in [0.05, 0.1) is 0 Å². The van der Waals surface area contributed by atoms with Crippen LogP contribution in [-0.4, -0.2) is 13.5 Å². The van der Waals surface area contributed by atoms with Crippen LogP contribution >= 0.6 is 11.9 Å². The fourth-order valence-corrected chi connectivity index (χ4v) is 3.12. The summed E-state index contributed by atoms with van der Waals surface area (Å²) >= 11 is 1.59. The molecule has 1 fully saturated rings. The molecule has 3 nitrogen and oxygen atoms in total. The molecule has 0 atom stereocenters. The van der Waals surface area contributed by atoms with E-state index in [-0.39, 0.29) is 0 Å². The van der Waals surface area contributed by atoms with Gasteiger partial charge < -0.3 is 5.32 Å². The fourth-order valence-electron chi connectivity index (χ4n) is 2.57. The Bertz CT molecular complexity index is 489. The lowest BCUT2D eigenvalue weighted by molar-refractivity contribution is -0.105. The van der Waals surface area contributed by atoms with Crippen LogP contribution in [0.4, 0.5) is 5.69 Å². The number of amides is 1. The van der Waals surface area contributed by atoms with Crippen LogP contribution in [0.25, 0.3) is 5.57 Å². The molecule has 2 rings (SSSR count). The van der Waals surface area contributed by atoms with Gasteiger partial charge in [-0.25, -0.2) is 0 Å². The molecule has 0 heterocycles. The average molecular weight is 276 g/mol. The highest BCUT2D eigenvalue weighted by Gasteiger charge is 2.14. The lowest BCUT2D eigenvalue weighted by atomic mass is 9.99. The second-order valence-corrected chi connectivity index (χ2v) is 5.80. The number of benzene rings is 1. The summed E-state index contributed by atoms with van der Waals surface area (Å²) in [5.41, 5.74) is 4.89. The molecule has 0 bridgehead atoms. The number of hydrogen-bond donors (Lipinski definition) is 2. The van der Waals surface area contributed by atoms with Crippen LogP contribution in [0.3, 0.4) is 0 Å². The van der Waals surface area contributed by atoms with Gasteiger partial charge in [-0.15, -0.1) is 0 Å². The normalized spacial score (nSPS) is 14.5. The van der Waals surface area contributed by atoms with E-state index in [0.29, 0.717) is 0 Å².